The quantitative estimate of drug-likeness (QED) is 0.529. The number of hydrogen-bond donors (Lipinski definition) is 3. The standard InChI is InChI=1S/C27H29N5O/c28-23-13-19-15-27(22-5-4-10-29-25(22)31-26(27)33)16-20(19)14-24(23)30-17-18-6-8-21(9-7-18)32-11-2-1-3-12-32/h4-10,13-14,30H,1-3,11-12,15-17,28H2,(H,29,31,33). The second-order valence-electron chi connectivity index (χ2n) is 9.57. The molecule has 1 aliphatic carbocycles. The Morgan fingerprint density at radius 3 is 2.58 bits per heavy atom. The molecule has 0 saturated carbocycles. The molecule has 3 aliphatic rings. The summed E-state index contributed by atoms with van der Waals surface area (Å²) in [5.41, 5.74) is 13.4. The lowest BCUT2D eigenvalue weighted by atomic mass is 9.79. The van der Waals surface area contributed by atoms with E-state index in [0.29, 0.717) is 25.2 Å². The summed E-state index contributed by atoms with van der Waals surface area (Å²) in [6.45, 7) is 3.02. The molecule has 3 aromatic rings. The molecule has 6 rings (SSSR count). The largest absolute Gasteiger partial charge is 0.397 e. The van der Waals surface area contributed by atoms with E-state index in [1.807, 2.05) is 18.2 Å². The summed E-state index contributed by atoms with van der Waals surface area (Å²) in [6.07, 6.45) is 6.97. The van der Waals surface area contributed by atoms with Gasteiger partial charge in [0.05, 0.1) is 16.8 Å². The second-order valence-corrected chi connectivity index (χ2v) is 9.57. The number of nitrogens with one attached hydrogen (secondary N) is 2. The van der Waals surface area contributed by atoms with Crippen LogP contribution in [0.2, 0.25) is 0 Å². The van der Waals surface area contributed by atoms with E-state index in [9.17, 15) is 4.79 Å². The SMILES string of the molecule is Nc1cc2c(cc1NCc1ccc(N3CCCCC3)cc1)CC1(C2)C(=O)Nc2ncccc21. The van der Waals surface area contributed by atoms with Crippen LogP contribution in [0.4, 0.5) is 22.9 Å². The number of nitrogens with two attached hydrogens (primary N) is 1. The number of amides is 1. The molecular weight excluding hydrogens is 410 g/mol. The maximum Gasteiger partial charge on any atom is 0.237 e. The first-order valence-electron chi connectivity index (χ1n) is 11.9. The van der Waals surface area contributed by atoms with Gasteiger partial charge in [-0.25, -0.2) is 4.98 Å². The third-order valence-electron chi connectivity index (χ3n) is 7.49. The zero-order chi connectivity index (χ0) is 22.4. The molecule has 3 heterocycles. The number of carbonyl (C=O) groups is 1. The van der Waals surface area contributed by atoms with E-state index < -0.39 is 5.41 Å². The van der Waals surface area contributed by atoms with E-state index in [0.717, 1.165) is 35.6 Å². The van der Waals surface area contributed by atoms with Gasteiger partial charge in [0.2, 0.25) is 5.91 Å². The van der Waals surface area contributed by atoms with Gasteiger partial charge in [-0.2, -0.15) is 0 Å². The number of aromatic nitrogens is 1. The monoisotopic (exact) mass is 439 g/mol. The average Bonchev–Trinajstić information content (AvgIpc) is 3.35. The van der Waals surface area contributed by atoms with Gasteiger partial charge in [0.1, 0.15) is 5.82 Å². The molecule has 4 N–H and O–H groups in total. The number of nitrogens with zero attached hydrogens (tertiary/aromatic N) is 2. The van der Waals surface area contributed by atoms with Gasteiger partial charge in [-0.05, 0) is 79.1 Å². The van der Waals surface area contributed by atoms with Crippen molar-refractivity contribution < 1.29 is 4.79 Å². The van der Waals surface area contributed by atoms with Gasteiger partial charge in [0, 0.05) is 37.1 Å². The molecule has 2 aromatic carbocycles. The average molecular weight is 440 g/mol. The number of anilines is 4. The summed E-state index contributed by atoms with van der Waals surface area (Å²) in [4.78, 5) is 19.8. The maximum atomic E-state index is 12.9. The van der Waals surface area contributed by atoms with Crippen LogP contribution in [-0.4, -0.2) is 24.0 Å². The van der Waals surface area contributed by atoms with Gasteiger partial charge < -0.3 is 21.3 Å². The van der Waals surface area contributed by atoms with Crippen molar-refractivity contribution in [2.45, 2.75) is 44.1 Å². The van der Waals surface area contributed by atoms with Gasteiger partial charge in [0.15, 0.2) is 0 Å². The van der Waals surface area contributed by atoms with E-state index in [1.54, 1.807) is 6.20 Å². The first-order valence-corrected chi connectivity index (χ1v) is 11.9. The molecule has 1 spiro atoms. The van der Waals surface area contributed by atoms with Crippen molar-refractivity contribution in [1.82, 2.24) is 4.98 Å². The summed E-state index contributed by atoms with van der Waals surface area (Å²) < 4.78 is 0. The van der Waals surface area contributed by atoms with E-state index in [2.05, 4.69) is 50.8 Å². The third-order valence-corrected chi connectivity index (χ3v) is 7.49. The lowest BCUT2D eigenvalue weighted by Gasteiger charge is -2.28. The lowest BCUT2D eigenvalue weighted by Crippen LogP contribution is -2.35. The van der Waals surface area contributed by atoms with Crippen LogP contribution in [0.1, 0.15) is 41.5 Å². The van der Waals surface area contributed by atoms with Crippen molar-refractivity contribution in [2.75, 3.05) is 34.4 Å². The normalized spacial score (nSPS) is 21.1. The van der Waals surface area contributed by atoms with Crippen molar-refractivity contribution in [2.24, 2.45) is 0 Å². The summed E-state index contributed by atoms with van der Waals surface area (Å²) in [6, 6.07) is 16.9. The van der Waals surface area contributed by atoms with Crippen molar-refractivity contribution in [1.29, 1.82) is 0 Å². The smallest absolute Gasteiger partial charge is 0.237 e. The van der Waals surface area contributed by atoms with Gasteiger partial charge >= 0.3 is 0 Å². The van der Waals surface area contributed by atoms with Crippen molar-refractivity contribution in [3.8, 4) is 0 Å². The zero-order valence-corrected chi connectivity index (χ0v) is 18.7. The molecule has 33 heavy (non-hydrogen) atoms. The number of pyridine rings is 1. The lowest BCUT2D eigenvalue weighted by molar-refractivity contribution is -0.120. The highest BCUT2D eigenvalue weighted by molar-refractivity contribution is 6.06. The summed E-state index contributed by atoms with van der Waals surface area (Å²) in [5, 5.41) is 6.48. The van der Waals surface area contributed by atoms with Gasteiger partial charge in [-0.3, -0.25) is 4.79 Å². The molecule has 1 fully saturated rings. The fraction of sp³-hybridized carbons (Fsp3) is 0.333. The van der Waals surface area contributed by atoms with Crippen molar-refractivity contribution in [3.05, 3.63) is 77.0 Å². The first-order chi connectivity index (χ1) is 16.1. The fourth-order valence-corrected chi connectivity index (χ4v) is 5.67. The molecule has 0 radical (unpaired) electrons. The molecule has 1 atom stereocenters. The Morgan fingerprint density at radius 2 is 1.79 bits per heavy atom. The molecule has 0 bridgehead atoms. The Hall–Kier alpha value is -3.54. The van der Waals surface area contributed by atoms with Crippen molar-refractivity contribution >= 4 is 28.8 Å². The molecule has 168 valence electrons. The number of rotatable bonds is 4. The minimum absolute atomic E-state index is 0.0364. The molecule has 1 amide bonds. The number of benzene rings is 2. The minimum Gasteiger partial charge on any atom is -0.397 e. The van der Waals surface area contributed by atoms with Gasteiger partial charge in [-0.15, -0.1) is 0 Å². The van der Waals surface area contributed by atoms with Crippen LogP contribution in [0, 0.1) is 0 Å². The molecule has 6 nitrogen and oxygen atoms in total. The van der Waals surface area contributed by atoms with Gasteiger partial charge in [-0.1, -0.05) is 18.2 Å². The Morgan fingerprint density at radius 1 is 1.03 bits per heavy atom. The number of nitrogen functional groups attached to an aromatic ring is 1. The highest BCUT2D eigenvalue weighted by Crippen LogP contribution is 2.47. The summed E-state index contributed by atoms with van der Waals surface area (Å²) in [7, 11) is 0. The first kappa shape index (κ1) is 20.1. The van der Waals surface area contributed by atoms with E-state index in [-0.39, 0.29) is 5.91 Å². The molecule has 6 heteroatoms. The number of piperidine rings is 1. The van der Waals surface area contributed by atoms with Crippen molar-refractivity contribution in [3.63, 3.8) is 0 Å². The van der Waals surface area contributed by atoms with Gasteiger partial charge in [0.25, 0.3) is 0 Å². The second kappa shape index (κ2) is 7.80. The van der Waals surface area contributed by atoms with E-state index in [4.69, 9.17) is 5.73 Å². The van der Waals surface area contributed by atoms with E-state index in [1.165, 1.54) is 36.1 Å². The van der Waals surface area contributed by atoms with Crippen LogP contribution in [0.5, 0.6) is 0 Å². The van der Waals surface area contributed by atoms with Crippen LogP contribution in [0.3, 0.4) is 0 Å². The predicted octanol–water partition coefficient (Wildman–Crippen LogP) is 4.25. The Balaban J connectivity index is 1.18. The maximum absolute atomic E-state index is 12.9. The predicted molar refractivity (Wildman–Crippen MR) is 133 cm³/mol. The molecule has 1 unspecified atom stereocenters. The fourth-order valence-electron chi connectivity index (χ4n) is 5.67. The topological polar surface area (TPSA) is 83.3 Å². The molecule has 2 aliphatic heterocycles. The Kier molecular flexibility index (Phi) is 4.75. The third kappa shape index (κ3) is 3.41. The highest BCUT2D eigenvalue weighted by atomic mass is 16.2. The van der Waals surface area contributed by atoms with Crippen LogP contribution < -0.4 is 21.3 Å². The Bertz CT molecular complexity index is 1220. The Labute approximate surface area is 194 Å². The molecular formula is C27H29N5O. The highest BCUT2D eigenvalue weighted by Gasteiger charge is 2.51. The molecule has 1 saturated heterocycles. The number of hydrogen-bond acceptors (Lipinski definition) is 5. The van der Waals surface area contributed by atoms with E-state index >= 15 is 0 Å². The zero-order valence-electron chi connectivity index (χ0n) is 18.7. The van der Waals surface area contributed by atoms with Crippen LogP contribution in [-0.2, 0) is 29.6 Å². The minimum atomic E-state index is -0.568. The molecule has 1 aromatic heterocycles. The van der Waals surface area contributed by atoms with Crippen LogP contribution in [0.25, 0.3) is 0 Å². The van der Waals surface area contributed by atoms with Crippen LogP contribution in [0.15, 0.2) is 54.7 Å². The number of fused-ring (bicyclic) bond motifs is 3. The van der Waals surface area contributed by atoms with Crippen LogP contribution >= 0.6 is 0 Å². The number of carbonyl (C=O) groups excluding carboxylic acids is 1. The summed E-state index contributed by atoms with van der Waals surface area (Å²) in [5.74, 6) is 0.726. The summed E-state index contributed by atoms with van der Waals surface area (Å²) >= 11 is 0.